The smallest absolute Gasteiger partial charge is 0.289 e. The van der Waals surface area contributed by atoms with Crippen LogP contribution in [0.4, 0.5) is 0 Å². The highest BCUT2D eigenvalue weighted by Crippen LogP contribution is 2.32. The first kappa shape index (κ1) is 5.77. The molecule has 0 aliphatic rings. The van der Waals surface area contributed by atoms with E-state index < -0.39 is 0 Å². The molecule has 0 fully saturated rings. The van der Waals surface area contributed by atoms with Crippen LogP contribution < -0.4 is 16.4 Å². The molecule has 0 amide bonds. The van der Waals surface area contributed by atoms with Crippen molar-refractivity contribution < 1.29 is 0 Å². The normalized spacial score (nSPS) is 12.3. The number of hydrogen-bond donors (Lipinski definition) is 0. The van der Waals surface area contributed by atoms with Crippen LogP contribution in [0.5, 0.6) is 0 Å². The lowest BCUT2D eigenvalue weighted by atomic mass is 10.3. The molecule has 4 heteroatoms. The van der Waals surface area contributed by atoms with Gasteiger partial charge in [-0.15, -0.1) is 0 Å². The van der Waals surface area contributed by atoms with Crippen LogP contribution in [-0.4, -0.2) is 4.98 Å². The third-order valence-electron chi connectivity index (χ3n) is 1.97. The molecule has 0 saturated carbocycles. The van der Waals surface area contributed by atoms with E-state index in [1.807, 2.05) is 0 Å². The van der Waals surface area contributed by atoms with Crippen molar-refractivity contribution in [1.29, 1.82) is 0 Å². The second-order valence-corrected chi connectivity index (χ2v) is 2.77. The van der Waals surface area contributed by atoms with Crippen molar-refractivity contribution in [3.8, 4) is 22.4 Å². The molecule has 0 atom stereocenters. The molecule has 0 saturated heterocycles. The van der Waals surface area contributed by atoms with Gasteiger partial charge in [-0.3, -0.25) is 14.4 Å². The molecule has 2 aromatic carbocycles. The lowest BCUT2D eigenvalue weighted by Gasteiger charge is -1.63. The summed E-state index contributed by atoms with van der Waals surface area (Å²) in [5, 5.41) is 0. The SMILES string of the molecule is O=c1cc1-c1c(-c2nc2=O)c1=O. The van der Waals surface area contributed by atoms with E-state index in [-0.39, 0.29) is 22.1 Å². The number of rotatable bonds is 2. The maximum absolute atomic E-state index is 11.0. The van der Waals surface area contributed by atoms with E-state index in [1.54, 1.807) is 0 Å². The molecule has 0 radical (unpaired) electrons. The van der Waals surface area contributed by atoms with Crippen molar-refractivity contribution in [1.82, 2.24) is 4.98 Å². The number of nitrogens with zero attached hydrogens (tertiary/aromatic N) is 1. The molecule has 0 bridgehead atoms. The molecule has 1 heterocycles. The lowest BCUT2D eigenvalue weighted by molar-refractivity contribution is 1.59. The van der Waals surface area contributed by atoms with Crippen molar-refractivity contribution in [3.63, 3.8) is 0 Å². The van der Waals surface area contributed by atoms with Crippen LogP contribution in [0, 0.1) is 0 Å². The molecule has 0 aliphatic carbocycles. The minimum atomic E-state index is -0.331. The van der Waals surface area contributed by atoms with Crippen LogP contribution in [0.3, 0.4) is 0 Å². The second kappa shape index (κ2) is 1.36. The average Bonchev–Trinajstić information content (AvgIpc) is 2.84. The number of aromatic nitrogens is 1. The largest absolute Gasteiger partial charge is 0.297 e. The summed E-state index contributed by atoms with van der Waals surface area (Å²) < 4.78 is 0. The Morgan fingerprint density at radius 2 is 1.67 bits per heavy atom. The minimum absolute atomic E-state index is 0.109. The fourth-order valence-corrected chi connectivity index (χ4v) is 1.18. The summed E-state index contributed by atoms with van der Waals surface area (Å²) in [5.41, 5.74) is 0.829. The third-order valence-corrected chi connectivity index (χ3v) is 1.97. The summed E-state index contributed by atoms with van der Waals surface area (Å²) in [6.45, 7) is 0. The van der Waals surface area contributed by atoms with Gasteiger partial charge < -0.3 is 0 Å². The van der Waals surface area contributed by atoms with Gasteiger partial charge in [-0.25, -0.2) is 4.98 Å². The molecular formula is C8HNO3. The Bertz CT molecular complexity index is 566. The summed E-state index contributed by atoms with van der Waals surface area (Å²) in [6, 6.07) is 1.38. The Labute approximate surface area is 65.2 Å². The summed E-state index contributed by atoms with van der Waals surface area (Å²) in [5.74, 6) is 0. The molecule has 0 unspecified atom stereocenters. The van der Waals surface area contributed by atoms with Crippen molar-refractivity contribution in [2.75, 3.05) is 0 Å². The van der Waals surface area contributed by atoms with Crippen molar-refractivity contribution in [2.45, 2.75) is 0 Å². The zero-order chi connectivity index (χ0) is 8.46. The minimum Gasteiger partial charge on any atom is -0.289 e. The Balaban J connectivity index is 2.13. The van der Waals surface area contributed by atoms with Crippen LogP contribution >= 0.6 is 0 Å². The maximum Gasteiger partial charge on any atom is 0.297 e. The van der Waals surface area contributed by atoms with E-state index >= 15 is 0 Å². The zero-order valence-electron chi connectivity index (χ0n) is 5.75. The van der Waals surface area contributed by atoms with Gasteiger partial charge in [0.25, 0.3) is 5.56 Å². The van der Waals surface area contributed by atoms with Crippen LogP contribution in [0.2, 0.25) is 0 Å². The molecule has 3 rings (SSSR count). The molecule has 0 spiro atoms. The molecule has 56 valence electrons. The predicted molar refractivity (Wildman–Crippen MR) is 41.0 cm³/mol. The Morgan fingerprint density at radius 3 is 2.08 bits per heavy atom. The summed E-state index contributed by atoms with van der Waals surface area (Å²) in [6.07, 6.45) is 0. The molecule has 0 N–H and O–H groups in total. The Hall–Kier alpha value is -1.84. The van der Waals surface area contributed by atoms with Gasteiger partial charge in [-0.1, -0.05) is 0 Å². The molecular weight excluding hydrogens is 158 g/mol. The van der Waals surface area contributed by atoms with Gasteiger partial charge in [0.2, 0.25) is 0 Å². The van der Waals surface area contributed by atoms with Gasteiger partial charge in [0, 0.05) is 11.1 Å². The van der Waals surface area contributed by atoms with Gasteiger partial charge in [-0.2, -0.15) is 0 Å². The molecule has 12 heavy (non-hydrogen) atoms. The van der Waals surface area contributed by atoms with Gasteiger partial charge in [-0.05, 0) is 6.07 Å². The quantitative estimate of drug-likeness (QED) is 0.487. The molecule has 4 nitrogen and oxygen atoms in total. The Kier molecular flexibility index (Phi) is 0.654. The van der Waals surface area contributed by atoms with Gasteiger partial charge in [0.15, 0.2) is 10.9 Å². The van der Waals surface area contributed by atoms with Crippen LogP contribution in [0.1, 0.15) is 0 Å². The van der Waals surface area contributed by atoms with Crippen molar-refractivity contribution in [3.05, 3.63) is 36.9 Å². The summed E-state index contributed by atoms with van der Waals surface area (Å²) >= 11 is 0. The molecule has 3 aromatic rings. The fraction of sp³-hybridized carbons (Fsp3) is 0. The molecule has 0 aliphatic heterocycles. The lowest BCUT2D eigenvalue weighted by Crippen LogP contribution is -1.77. The van der Waals surface area contributed by atoms with E-state index in [9.17, 15) is 14.4 Å². The molecule has 1 aromatic heterocycles. The second-order valence-electron chi connectivity index (χ2n) is 2.77. The predicted octanol–water partition coefficient (Wildman–Crippen LogP) is -0.877. The highest BCUT2D eigenvalue weighted by molar-refractivity contribution is 5.95. The third kappa shape index (κ3) is 0.528. The highest BCUT2D eigenvalue weighted by Gasteiger charge is 2.35. The summed E-state index contributed by atoms with van der Waals surface area (Å²) in [7, 11) is 0. The van der Waals surface area contributed by atoms with Gasteiger partial charge >= 0.3 is 0 Å². The first-order chi connectivity index (χ1) is 5.70. The standard InChI is InChI=1S/C8HNO3/c10-3-1-2(3)4-5(7(4)11)6-8(12)9-6/h1H. The van der Waals surface area contributed by atoms with Crippen LogP contribution in [-0.2, 0) is 0 Å². The zero-order valence-corrected chi connectivity index (χ0v) is 5.75. The number of hydrogen-bond acceptors (Lipinski definition) is 4. The van der Waals surface area contributed by atoms with Gasteiger partial charge in [0.1, 0.15) is 5.69 Å². The first-order valence-corrected chi connectivity index (χ1v) is 3.39. The Morgan fingerprint density at radius 1 is 1.08 bits per heavy atom. The van der Waals surface area contributed by atoms with E-state index in [4.69, 9.17) is 0 Å². The topological polar surface area (TPSA) is 64.1 Å². The first-order valence-electron chi connectivity index (χ1n) is 3.39. The van der Waals surface area contributed by atoms with E-state index in [0.29, 0.717) is 16.7 Å². The van der Waals surface area contributed by atoms with E-state index in [2.05, 4.69) is 4.98 Å². The average molecular weight is 159 g/mol. The fourth-order valence-electron chi connectivity index (χ4n) is 1.18. The van der Waals surface area contributed by atoms with Crippen molar-refractivity contribution in [2.24, 2.45) is 0 Å². The highest BCUT2D eigenvalue weighted by atomic mass is 16.1. The summed E-state index contributed by atoms with van der Waals surface area (Å²) in [4.78, 5) is 35.5. The van der Waals surface area contributed by atoms with Crippen LogP contribution in [0.15, 0.2) is 20.4 Å². The van der Waals surface area contributed by atoms with Crippen LogP contribution in [0.25, 0.3) is 22.4 Å². The van der Waals surface area contributed by atoms with E-state index in [0.717, 1.165) is 0 Å². The van der Waals surface area contributed by atoms with Crippen molar-refractivity contribution >= 4 is 0 Å². The monoisotopic (exact) mass is 159 g/mol. The van der Waals surface area contributed by atoms with Gasteiger partial charge in [0.05, 0.1) is 5.56 Å². The van der Waals surface area contributed by atoms with E-state index in [1.165, 1.54) is 6.07 Å². The maximum atomic E-state index is 11.0.